The highest BCUT2D eigenvalue weighted by Gasteiger charge is 2.13. The summed E-state index contributed by atoms with van der Waals surface area (Å²) in [6.07, 6.45) is 2.52. The van der Waals surface area contributed by atoms with Gasteiger partial charge in [0, 0.05) is 12.6 Å². The van der Waals surface area contributed by atoms with E-state index in [9.17, 15) is 0 Å². The second-order valence-corrected chi connectivity index (χ2v) is 2.77. The Bertz CT molecular complexity index is 92.1. The molecule has 0 aromatic carbocycles. The van der Waals surface area contributed by atoms with Crippen LogP contribution in [0.2, 0.25) is 0 Å². The molecule has 0 bridgehead atoms. The third-order valence-electron chi connectivity index (χ3n) is 1.85. The average Bonchev–Trinajstić information content (AvgIpc) is 2.50. The summed E-state index contributed by atoms with van der Waals surface area (Å²) in [7, 11) is 0. The molecule has 1 fully saturated rings. The lowest BCUT2D eigenvalue weighted by atomic mass is 10.2. The molecule has 0 spiro atoms. The lowest BCUT2D eigenvalue weighted by Gasteiger charge is -2.09. The average molecular weight is 159 g/mol. The molecule has 11 heavy (non-hydrogen) atoms. The summed E-state index contributed by atoms with van der Waals surface area (Å²) in [4.78, 5) is 0. The van der Waals surface area contributed by atoms with Crippen molar-refractivity contribution in [1.82, 2.24) is 5.32 Å². The maximum atomic E-state index is 5.27. The van der Waals surface area contributed by atoms with Gasteiger partial charge in [0.25, 0.3) is 0 Å². The second-order valence-electron chi connectivity index (χ2n) is 2.77. The summed E-state index contributed by atoms with van der Waals surface area (Å²) < 4.78 is 10.3. The molecule has 1 heterocycles. The van der Waals surface area contributed by atoms with E-state index in [1.807, 2.05) is 6.92 Å². The van der Waals surface area contributed by atoms with E-state index in [0.29, 0.717) is 12.8 Å². The molecule has 1 rings (SSSR count). The molecule has 0 saturated carbocycles. The van der Waals surface area contributed by atoms with Gasteiger partial charge in [0.05, 0.1) is 6.61 Å². The fourth-order valence-corrected chi connectivity index (χ4v) is 1.23. The Hall–Kier alpha value is -0.120. The highest BCUT2D eigenvalue weighted by atomic mass is 16.7. The Labute approximate surface area is 68.1 Å². The quantitative estimate of drug-likeness (QED) is 0.474. The summed E-state index contributed by atoms with van der Waals surface area (Å²) in [5, 5.41) is 3.35. The van der Waals surface area contributed by atoms with Crippen molar-refractivity contribution in [3.8, 4) is 0 Å². The Balaban J connectivity index is 1.86. The van der Waals surface area contributed by atoms with Crippen LogP contribution >= 0.6 is 0 Å². The van der Waals surface area contributed by atoms with Gasteiger partial charge in [-0.25, -0.2) is 0 Å². The van der Waals surface area contributed by atoms with Gasteiger partial charge in [-0.05, 0) is 26.3 Å². The zero-order valence-corrected chi connectivity index (χ0v) is 7.14. The van der Waals surface area contributed by atoms with Crippen molar-refractivity contribution in [2.75, 3.05) is 26.6 Å². The molecule has 1 aliphatic heterocycles. The fraction of sp³-hybridized carbons (Fsp3) is 1.00. The number of rotatable bonds is 5. The topological polar surface area (TPSA) is 30.5 Å². The lowest BCUT2D eigenvalue weighted by molar-refractivity contribution is -0.0543. The van der Waals surface area contributed by atoms with E-state index in [1.54, 1.807) is 0 Å². The number of ether oxygens (including phenoxy) is 2. The molecule has 0 aliphatic carbocycles. The zero-order valence-electron chi connectivity index (χ0n) is 7.14. The van der Waals surface area contributed by atoms with Gasteiger partial charge in [-0.1, -0.05) is 0 Å². The van der Waals surface area contributed by atoms with Crippen molar-refractivity contribution in [3.05, 3.63) is 0 Å². The third-order valence-corrected chi connectivity index (χ3v) is 1.85. The first-order chi connectivity index (χ1) is 5.43. The molecule has 1 N–H and O–H groups in total. The van der Waals surface area contributed by atoms with E-state index in [4.69, 9.17) is 9.47 Å². The monoisotopic (exact) mass is 159 g/mol. The van der Waals surface area contributed by atoms with Gasteiger partial charge in [0.15, 0.2) is 0 Å². The molecular formula is C8H17NO2. The van der Waals surface area contributed by atoms with Crippen molar-refractivity contribution in [3.63, 3.8) is 0 Å². The van der Waals surface area contributed by atoms with Crippen molar-refractivity contribution in [1.29, 1.82) is 0 Å². The van der Waals surface area contributed by atoms with Crippen LogP contribution in [0.1, 0.15) is 19.8 Å². The molecule has 1 atom stereocenters. The van der Waals surface area contributed by atoms with Gasteiger partial charge in [0.1, 0.15) is 6.79 Å². The normalized spacial score (nSPS) is 24.3. The molecule has 66 valence electrons. The smallest absolute Gasteiger partial charge is 0.146 e. The lowest BCUT2D eigenvalue weighted by Crippen LogP contribution is -2.27. The standard InChI is InChI=1S/C8H17NO2/c1-2-10-7-11-6-8-4-3-5-9-8/h8-9H,2-7H2,1H3. The van der Waals surface area contributed by atoms with E-state index in [2.05, 4.69) is 5.32 Å². The molecule has 0 amide bonds. The number of hydrogen-bond donors (Lipinski definition) is 1. The predicted molar refractivity (Wildman–Crippen MR) is 43.5 cm³/mol. The molecule has 0 aromatic rings. The molecule has 3 heteroatoms. The van der Waals surface area contributed by atoms with Gasteiger partial charge in [-0.15, -0.1) is 0 Å². The number of nitrogens with one attached hydrogen (secondary N) is 1. The summed E-state index contributed by atoms with van der Waals surface area (Å²) >= 11 is 0. The van der Waals surface area contributed by atoms with Crippen molar-refractivity contribution in [2.45, 2.75) is 25.8 Å². The highest BCUT2D eigenvalue weighted by Crippen LogP contribution is 2.04. The largest absolute Gasteiger partial charge is 0.356 e. The Morgan fingerprint density at radius 1 is 1.45 bits per heavy atom. The Morgan fingerprint density at radius 2 is 2.36 bits per heavy atom. The van der Waals surface area contributed by atoms with E-state index in [0.717, 1.165) is 19.8 Å². The maximum Gasteiger partial charge on any atom is 0.146 e. The van der Waals surface area contributed by atoms with Crippen molar-refractivity contribution >= 4 is 0 Å². The van der Waals surface area contributed by atoms with Crippen LogP contribution in [0.4, 0.5) is 0 Å². The highest BCUT2D eigenvalue weighted by molar-refractivity contribution is 4.72. The minimum Gasteiger partial charge on any atom is -0.356 e. The Kier molecular flexibility index (Phi) is 4.50. The first-order valence-electron chi connectivity index (χ1n) is 4.32. The van der Waals surface area contributed by atoms with Gasteiger partial charge in [-0.2, -0.15) is 0 Å². The van der Waals surface area contributed by atoms with Gasteiger partial charge in [-0.3, -0.25) is 0 Å². The van der Waals surface area contributed by atoms with Crippen molar-refractivity contribution < 1.29 is 9.47 Å². The van der Waals surface area contributed by atoms with E-state index >= 15 is 0 Å². The van der Waals surface area contributed by atoms with Crippen LogP contribution in [0.3, 0.4) is 0 Å². The molecule has 3 nitrogen and oxygen atoms in total. The van der Waals surface area contributed by atoms with E-state index in [-0.39, 0.29) is 0 Å². The maximum absolute atomic E-state index is 5.27. The first kappa shape index (κ1) is 8.97. The van der Waals surface area contributed by atoms with E-state index < -0.39 is 0 Å². The fourth-order valence-electron chi connectivity index (χ4n) is 1.23. The van der Waals surface area contributed by atoms with Gasteiger partial charge < -0.3 is 14.8 Å². The van der Waals surface area contributed by atoms with Crippen molar-refractivity contribution in [2.24, 2.45) is 0 Å². The summed E-state index contributed by atoms with van der Waals surface area (Å²) in [5.74, 6) is 0. The summed E-state index contributed by atoms with van der Waals surface area (Å²) in [5.41, 5.74) is 0. The summed E-state index contributed by atoms with van der Waals surface area (Å²) in [6, 6.07) is 0.565. The van der Waals surface area contributed by atoms with Gasteiger partial charge in [0.2, 0.25) is 0 Å². The van der Waals surface area contributed by atoms with Crippen LogP contribution in [-0.4, -0.2) is 32.6 Å². The molecule has 0 radical (unpaired) electrons. The van der Waals surface area contributed by atoms with Crippen LogP contribution in [0.5, 0.6) is 0 Å². The molecular weight excluding hydrogens is 142 g/mol. The SMILES string of the molecule is CCOCOCC1CCCN1. The van der Waals surface area contributed by atoms with Gasteiger partial charge >= 0.3 is 0 Å². The van der Waals surface area contributed by atoms with Crippen LogP contribution in [-0.2, 0) is 9.47 Å². The summed E-state index contributed by atoms with van der Waals surface area (Å²) in [6.45, 7) is 5.08. The molecule has 1 unspecified atom stereocenters. The predicted octanol–water partition coefficient (Wildman–Crippen LogP) is 0.749. The third kappa shape index (κ3) is 3.70. The minimum absolute atomic E-state index is 0.439. The molecule has 0 aromatic heterocycles. The van der Waals surface area contributed by atoms with Crippen LogP contribution in [0.25, 0.3) is 0 Å². The van der Waals surface area contributed by atoms with Crippen LogP contribution in [0, 0.1) is 0 Å². The second kappa shape index (κ2) is 5.52. The Morgan fingerprint density at radius 3 is 3.00 bits per heavy atom. The zero-order chi connectivity index (χ0) is 7.94. The van der Waals surface area contributed by atoms with Crippen LogP contribution in [0.15, 0.2) is 0 Å². The molecule has 1 saturated heterocycles. The first-order valence-corrected chi connectivity index (χ1v) is 4.32. The van der Waals surface area contributed by atoms with Crippen LogP contribution < -0.4 is 5.32 Å². The number of hydrogen-bond acceptors (Lipinski definition) is 3. The van der Waals surface area contributed by atoms with E-state index in [1.165, 1.54) is 12.8 Å². The minimum atomic E-state index is 0.439. The molecule has 1 aliphatic rings.